The highest BCUT2D eigenvalue weighted by Crippen LogP contribution is 2.57. The third-order valence-corrected chi connectivity index (χ3v) is 6.75. The minimum atomic E-state index is -1.13. The summed E-state index contributed by atoms with van der Waals surface area (Å²) >= 11 is 0. The topological polar surface area (TPSA) is 74.0 Å². The van der Waals surface area contributed by atoms with Gasteiger partial charge < -0.3 is 10.4 Å². The predicted octanol–water partition coefficient (Wildman–Crippen LogP) is 3.64. The van der Waals surface area contributed by atoms with Crippen LogP contribution in [0.2, 0.25) is 0 Å². The van der Waals surface area contributed by atoms with Crippen LogP contribution >= 0.6 is 0 Å². The Morgan fingerprint density at radius 2 is 2.17 bits per heavy atom. The molecule has 5 nitrogen and oxygen atoms in total. The molecule has 5 heteroatoms. The Balaban J connectivity index is 1.56. The largest absolute Gasteiger partial charge is 0.368 e. The van der Waals surface area contributed by atoms with Crippen molar-refractivity contribution in [2.45, 2.75) is 57.7 Å². The lowest BCUT2D eigenvalue weighted by Gasteiger charge is -2.41. The fraction of sp³-hybridized carbons (Fsp3) is 0.458. The molecule has 0 saturated heterocycles. The SMILES string of the molecule is CNC(=O)c1ccccc1CC=NC1(O)CCC2=CC3=C(C=NC(C)C3)CC21C. The number of benzene rings is 1. The van der Waals surface area contributed by atoms with E-state index in [1.807, 2.05) is 30.5 Å². The quantitative estimate of drug-likeness (QED) is 0.769. The zero-order valence-electron chi connectivity index (χ0n) is 17.4. The van der Waals surface area contributed by atoms with Gasteiger partial charge in [0.15, 0.2) is 5.72 Å². The molecule has 1 fully saturated rings. The van der Waals surface area contributed by atoms with Gasteiger partial charge in [0.1, 0.15) is 0 Å². The van der Waals surface area contributed by atoms with E-state index in [-0.39, 0.29) is 5.91 Å². The number of carbonyl (C=O) groups excluding carboxylic acids is 1. The molecular weight excluding hydrogens is 362 g/mol. The molecule has 1 heterocycles. The van der Waals surface area contributed by atoms with E-state index in [9.17, 15) is 9.90 Å². The molecule has 0 spiro atoms. The highest BCUT2D eigenvalue weighted by atomic mass is 16.3. The fourth-order valence-corrected chi connectivity index (χ4v) is 4.87. The molecule has 1 aromatic rings. The number of aliphatic imine (C=N–C) groups is 2. The number of allylic oxidation sites excluding steroid dienone is 2. The van der Waals surface area contributed by atoms with Crippen LogP contribution in [0.5, 0.6) is 0 Å². The summed E-state index contributed by atoms with van der Waals surface area (Å²) in [6.07, 6.45) is 9.79. The standard InChI is InChI=1S/C24H29N3O2/c1-16-12-18-13-20-8-10-24(29,23(20,2)14-19(18)15-26-16)27-11-9-17-6-4-5-7-21(17)22(28)25-3/h4-7,11,13,15-16,29H,8-10,12,14H2,1-3H3,(H,25,28). The predicted molar refractivity (Wildman–Crippen MR) is 117 cm³/mol. The van der Waals surface area contributed by atoms with E-state index >= 15 is 0 Å². The summed E-state index contributed by atoms with van der Waals surface area (Å²) in [5.74, 6) is -0.108. The molecule has 3 aliphatic rings. The molecule has 1 saturated carbocycles. The summed E-state index contributed by atoms with van der Waals surface area (Å²) < 4.78 is 0. The molecule has 4 rings (SSSR count). The number of nitrogens with zero attached hydrogens (tertiary/aromatic N) is 2. The van der Waals surface area contributed by atoms with Gasteiger partial charge in [0.05, 0.1) is 6.04 Å². The monoisotopic (exact) mass is 391 g/mol. The van der Waals surface area contributed by atoms with E-state index in [2.05, 4.69) is 35.2 Å². The van der Waals surface area contributed by atoms with Gasteiger partial charge >= 0.3 is 0 Å². The lowest BCUT2D eigenvalue weighted by Crippen LogP contribution is -2.43. The van der Waals surface area contributed by atoms with Crippen molar-refractivity contribution in [3.8, 4) is 0 Å². The van der Waals surface area contributed by atoms with E-state index in [4.69, 9.17) is 0 Å². The van der Waals surface area contributed by atoms with E-state index < -0.39 is 11.1 Å². The molecule has 1 aliphatic heterocycles. The number of hydrogen-bond acceptors (Lipinski definition) is 4. The maximum absolute atomic E-state index is 12.1. The van der Waals surface area contributed by atoms with Gasteiger partial charge in [-0.2, -0.15) is 0 Å². The van der Waals surface area contributed by atoms with Crippen LogP contribution in [0, 0.1) is 5.41 Å². The zero-order valence-corrected chi connectivity index (χ0v) is 17.4. The number of nitrogens with one attached hydrogen (secondary N) is 1. The second kappa shape index (κ2) is 7.38. The van der Waals surface area contributed by atoms with Crippen LogP contribution in [0.3, 0.4) is 0 Å². The lowest BCUT2D eigenvalue weighted by atomic mass is 9.69. The first-order valence-corrected chi connectivity index (χ1v) is 10.4. The molecule has 0 radical (unpaired) electrons. The third-order valence-electron chi connectivity index (χ3n) is 6.75. The van der Waals surface area contributed by atoms with Gasteiger partial charge in [-0.3, -0.25) is 14.8 Å². The van der Waals surface area contributed by atoms with Crippen LogP contribution in [-0.4, -0.2) is 42.3 Å². The minimum Gasteiger partial charge on any atom is -0.368 e. The normalized spacial score (nSPS) is 30.9. The molecule has 2 aliphatic carbocycles. The highest BCUT2D eigenvalue weighted by molar-refractivity contribution is 5.96. The van der Waals surface area contributed by atoms with Crippen LogP contribution in [0.4, 0.5) is 0 Å². The first-order chi connectivity index (χ1) is 13.9. The van der Waals surface area contributed by atoms with E-state index in [1.165, 1.54) is 16.7 Å². The molecule has 29 heavy (non-hydrogen) atoms. The average molecular weight is 392 g/mol. The molecule has 2 N–H and O–H groups in total. The zero-order chi connectivity index (χ0) is 20.6. The molecule has 0 bridgehead atoms. The van der Waals surface area contributed by atoms with E-state index in [0.29, 0.717) is 24.4 Å². The van der Waals surface area contributed by atoms with Crippen molar-refractivity contribution in [1.82, 2.24) is 5.32 Å². The number of carbonyl (C=O) groups is 1. The van der Waals surface area contributed by atoms with Crippen molar-refractivity contribution in [3.63, 3.8) is 0 Å². The van der Waals surface area contributed by atoms with Crippen LogP contribution in [0.25, 0.3) is 0 Å². The smallest absolute Gasteiger partial charge is 0.251 e. The van der Waals surface area contributed by atoms with Crippen molar-refractivity contribution < 1.29 is 9.90 Å². The maximum Gasteiger partial charge on any atom is 0.251 e. The van der Waals surface area contributed by atoms with Gasteiger partial charge in [-0.15, -0.1) is 0 Å². The van der Waals surface area contributed by atoms with Gasteiger partial charge in [0.25, 0.3) is 5.91 Å². The first-order valence-electron chi connectivity index (χ1n) is 10.4. The van der Waals surface area contributed by atoms with Crippen molar-refractivity contribution in [2.24, 2.45) is 15.4 Å². The number of hydrogen-bond donors (Lipinski definition) is 2. The Kier molecular flexibility index (Phi) is 5.03. The minimum absolute atomic E-state index is 0.108. The van der Waals surface area contributed by atoms with Gasteiger partial charge in [-0.25, -0.2) is 0 Å². The van der Waals surface area contributed by atoms with Crippen molar-refractivity contribution >= 4 is 18.3 Å². The van der Waals surface area contributed by atoms with Crippen LogP contribution in [0.1, 0.15) is 55.5 Å². The molecular formula is C24H29N3O2. The lowest BCUT2D eigenvalue weighted by molar-refractivity contribution is -0.0305. The number of fused-ring (bicyclic) bond motifs is 1. The summed E-state index contributed by atoms with van der Waals surface area (Å²) in [4.78, 5) is 21.3. The number of rotatable bonds is 4. The Morgan fingerprint density at radius 3 is 2.97 bits per heavy atom. The maximum atomic E-state index is 12.1. The Bertz CT molecular complexity index is 959. The molecule has 3 atom stereocenters. The van der Waals surface area contributed by atoms with Crippen molar-refractivity contribution in [2.75, 3.05) is 7.05 Å². The summed E-state index contributed by atoms with van der Waals surface area (Å²) in [6, 6.07) is 7.84. The molecule has 1 aromatic carbocycles. The van der Waals surface area contributed by atoms with Gasteiger partial charge in [0, 0.05) is 43.3 Å². The van der Waals surface area contributed by atoms with E-state index in [0.717, 1.165) is 24.8 Å². The molecule has 3 unspecified atom stereocenters. The van der Waals surface area contributed by atoms with Crippen LogP contribution < -0.4 is 5.32 Å². The summed E-state index contributed by atoms with van der Waals surface area (Å²) in [5.41, 5.74) is 3.91. The molecule has 152 valence electrons. The van der Waals surface area contributed by atoms with Crippen molar-refractivity contribution in [3.05, 3.63) is 58.2 Å². The molecule has 0 aromatic heterocycles. The Labute approximate surface area is 172 Å². The average Bonchev–Trinajstić information content (AvgIpc) is 2.96. The Morgan fingerprint density at radius 1 is 1.38 bits per heavy atom. The number of dihydropyridines is 1. The first kappa shape index (κ1) is 19.8. The summed E-state index contributed by atoms with van der Waals surface area (Å²) in [6.45, 7) is 4.26. The fourth-order valence-electron chi connectivity index (χ4n) is 4.87. The summed E-state index contributed by atoms with van der Waals surface area (Å²) in [7, 11) is 1.63. The summed E-state index contributed by atoms with van der Waals surface area (Å²) in [5, 5.41) is 14.2. The second-order valence-corrected chi connectivity index (χ2v) is 8.63. The Hall–Kier alpha value is -2.53. The van der Waals surface area contributed by atoms with Crippen LogP contribution in [0.15, 0.2) is 57.0 Å². The van der Waals surface area contributed by atoms with Gasteiger partial charge in [-0.1, -0.05) is 36.8 Å². The van der Waals surface area contributed by atoms with Gasteiger partial charge in [0.2, 0.25) is 0 Å². The highest BCUT2D eigenvalue weighted by Gasteiger charge is 2.55. The van der Waals surface area contributed by atoms with Gasteiger partial charge in [-0.05, 0) is 49.0 Å². The second-order valence-electron chi connectivity index (χ2n) is 8.63. The molecule has 1 amide bonds. The van der Waals surface area contributed by atoms with Crippen molar-refractivity contribution in [1.29, 1.82) is 0 Å². The number of aliphatic hydroxyl groups is 1. The van der Waals surface area contributed by atoms with Crippen LogP contribution in [-0.2, 0) is 6.42 Å². The number of amides is 1. The third kappa shape index (κ3) is 3.38. The van der Waals surface area contributed by atoms with E-state index in [1.54, 1.807) is 13.3 Å².